The van der Waals surface area contributed by atoms with E-state index in [4.69, 9.17) is 9.47 Å². The Kier molecular flexibility index (Phi) is 7.00. The van der Waals surface area contributed by atoms with Gasteiger partial charge in [-0.3, -0.25) is 20.4 Å². The maximum Gasteiger partial charge on any atom is 0.273 e. The molecule has 26 heavy (non-hydrogen) atoms. The van der Waals surface area contributed by atoms with Crippen LogP contribution in [0, 0.1) is 0 Å². The minimum atomic E-state index is -0.498. The van der Waals surface area contributed by atoms with Gasteiger partial charge in [0.1, 0.15) is 24.7 Å². The zero-order chi connectivity index (χ0) is 18.8. The molecule has 2 aromatic rings. The second kappa shape index (κ2) is 9.68. The van der Waals surface area contributed by atoms with Crippen molar-refractivity contribution in [1.82, 2.24) is 10.9 Å². The zero-order valence-corrected chi connectivity index (χ0v) is 14.2. The molecule has 0 spiro atoms. The van der Waals surface area contributed by atoms with Crippen LogP contribution in [0.2, 0.25) is 0 Å². The van der Waals surface area contributed by atoms with Crippen LogP contribution in [0.15, 0.2) is 73.8 Å². The molecule has 6 heteroatoms. The molecule has 0 saturated heterocycles. The third kappa shape index (κ3) is 4.98. The number of hydrogen-bond donors (Lipinski definition) is 2. The fraction of sp³-hybridized carbons (Fsp3) is 0.100. The number of carbonyl (C=O) groups excluding carboxylic acids is 2. The molecule has 134 valence electrons. The first-order chi connectivity index (χ1) is 12.7. The van der Waals surface area contributed by atoms with Gasteiger partial charge in [-0.1, -0.05) is 49.6 Å². The molecule has 2 aromatic carbocycles. The number of para-hydroxylation sites is 2. The van der Waals surface area contributed by atoms with Crippen LogP contribution in [0.3, 0.4) is 0 Å². The zero-order valence-electron chi connectivity index (χ0n) is 14.2. The molecule has 6 nitrogen and oxygen atoms in total. The summed E-state index contributed by atoms with van der Waals surface area (Å²) in [4.78, 5) is 24.7. The Bertz CT molecular complexity index is 734. The van der Waals surface area contributed by atoms with Gasteiger partial charge < -0.3 is 9.47 Å². The van der Waals surface area contributed by atoms with E-state index in [0.29, 0.717) is 22.6 Å². The van der Waals surface area contributed by atoms with Crippen LogP contribution in [0.25, 0.3) is 0 Å². The van der Waals surface area contributed by atoms with Crippen LogP contribution in [0.5, 0.6) is 11.5 Å². The first-order valence-corrected chi connectivity index (χ1v) is 7.93. The Morgan fingerprint density at radius 3 is 1.54 bits per heavy atom. The average Bonchev–Trinajstić information content (AvgIpc) is 2.69. The molecule has 0 aliphatic carbocycles. The van der Waals surface area contributed by atoms with Crippen molar-refractivity contribution >= 4 is 11.8 Å². The van der Waals surface area contributed by atoms with Gasteiger partial charge in [-0.15, -0.1) is 0 Å². The Morgan fingerprint density at radius 1 is 0.769 bits per heavy atom. The maximum atomic E-state index is 12.3. The highest BCUT2D eigenvalue weighted by atomic mass is 16.5. The highest BCUT2D eigenvalue weighted by Gasteiger charge is 2.15. The summed E-state index contributed by atoms with van der Waals surface area (Å²) >= 11 is 0. The summed E-state index contributed by atoms with van der Waals surface area (Å²) in [7, 11) is 0. The lowest BCUT2D eigenvalue weighted by Gasteiger charge is -2.13. The molecule has 0 saturated carbocycles. The molecule has 0 fully saturated rings. The molecule has 0 unspecified atom stereocenters. The molecule has 0 aliphatic heterocycles. The number of hydrogen-bond acceptors (Lipinski definition) is 4. The number of amides is 2. The quantitative estimate of drug-likeness (QED) is 0.566. The summed E-state index contributed by atoms with van der Waals surface area (Å²) in [5.41, 5.74) is 5.35. The van der Waals surface area contributed by atoms with E-state index in [2.05, 4.69) is 24.0 Å². The normalized spacial score (nSPS) is 9.69. The minimum Gasteiger partial charge on any atom is -0.489 e. The van der Waals surface area contributed by atoms with Crippen molar-refractivity contribution < 1.29 is 19.1 Å². The van der Waals surface area contributed by atoms with Gasteiger partial charge in [0.2, 0.25) is 0 Å². The third-order valence-electron chi connectivity index (χ3n) is 3.27. The molecule has 0 aromatic heterocycles. The molecule has 0 bridgehead atoms. The van der Waals surface area contributed by atoms with Gasteiger partial charge in [-0.2, -0.15) is 0 Å². The number of ether oxygens (including phenoxy) is 2. The van der Waals surface area contributed by atoms with Crippen molar-refractivity contribution in [2.24, 2.45) is 0 Å². The first kappa shape index (κ1) is 18.8. The highest BCUT2D eigenvalue weighted by Crippen LogP contribution is 2.19. The van der Waals surface area contributed by atoms with Crippen molar-refractivity contribution in [2.75, 3.05) is 13.2 Å². The summed E-state index contributed by atoms with van der Waals surface area (Å²) in [5, 5.41) is 0. The van der Waals surface area contributed by atoms with E-state index in [1.54, 1.807) is 60.7 Å². The SMILES string of the molecule is C=CCOc1ccccc1C(=O)NNC(=O)c1ccccc1OCC=C. The van der Waals surface area contributed by atoms with Gasteiger partial charge in [0.15, 0.2) is 0 Å². The van der Waals surface area contributed by atoms with Crippen LogP contribution < -0.4 is 20.3 Å². The first-order valence-electron chi connectivity index (χ1n) is 7.93. The summed E-state index contributed by atoms with van der Waals surface area (Å²) in [5.74, 6) is -0.201. The smallest absolute Gasteiger partial charge is 0.273 e. The van der Waals surface area contributed by atoms with Crippen LogP contribution in [-0.4, -0.2) is 25.0 Å². The Morgan fingerprint density at radius 2 is 1.15 bits per heavy atom. The van der Waals surface area contributed by atoms with E-state index in [9.17, 15) is 9.59 Å². The van der Waals surface area contributed by atoms with E-state index in [-0.39, 0.29) is 13.2 Å². The molecular formula is C20H20N2O4. The van der Waals surface area contributed by atoms with Crippen molar-refractivity contribution in [3.05, 3.63) is 85.0 Å². The fourth-order valence-electron chi connectivity index (χ4n) is 2.11. The van der Waals surface area contributed by atoms with Gasteiger partial charge in [-0.25, -0.2) is 0 Å². The van der Waals surface area contributed by atoms with Gasteiger partial charge in [0.05, 0.1) is 11.1 Å². The maximum absolute atomic E-state index is 12.3. The minimum absolute atomic E-state index is 0.269. The Labute approximate surface area is 152 Å². The lowest BCUT2D eigenvalue weighted by Crippen LogP contribution is -2.41. The van der Waals surface area contributed by atoms with E-state index in [1.165, 1.54) is 0 Å². The van der Waals surface area contributed by atoms with Crippen molar-refractivity contribution in [2.45, 2.75) is 0 Å². The highest BCUT2D eigenvalue weighted by molar-refractivity contribution is 6.01. The molecule has 0 heterocycles. The third-order valence-corrected chi connectivity index (χ3v) is 3.27. The predicted molar refractivity (Wildman–Crippen MR) is 99.2 cm³/mol. The molecule has 0 radical (unpaired) electrons. The summed E-state index contributed by atoms with van der Waals surface area (Å²) in [6.45, 7) is 7.68. The molecule has 2 N–H and O–H groups in total. The number of nitrogens with one attached hydrogen (secondary N) is 2. The molecule has 0 aliphatic rings. The molecular weight excluding hydrogens is 332 g/mol. The Hall–Kier alpha value is -3.54. The lowest BCUT2D eigenvalue weighted by molar-refractivity contribution is 0.0842. The summed E-state index contributed by atoms with van der Waals surface area (Å²) in [6.07, 6.45) is 3.16. The van der Waals surface area contributed by atoms with Crippen LogP contribution in [0.1, 0.15) is 20.7 Å². The fourth-order valence-corrected chi connectivity index (χ4v) is 2.11. The Balaban J connectivity index is 2.05. The number of carbonyl (C=O) groups is 2. The van der Waals surface area contributed by atoms with Crippen LogP contribution in [0.4, 0.5) is 0 Å². The van der Waals surface area contributed by atoms with E-state index >= 15 is 0 Å². The average molecular weight is 352 g/mol. The number of benzene rings is 2. The summed E-state index contributed by atoms with van der Waals surface area (Å²) in [6, 6.07) is 13.4. The number of rotatable bonds is 8. The van der Waals surface area contributed by atoms with E-state index < -0.39 is 11.8 Å². The molecule has 0 atom stereocenters. The second-order valence-electron chi connectivity index (χ2n) is 5.10. The molecule has 2 rings (SSSR count). The van der Waals surface area contributed by atoms with Crippen LogP contribution in [-0.2, 0) is 0 Å². The second-order valence-corrected chi connectivity index (χ2v) is 5.10. The van der Waals surface area contributed by atoms with Crippen molar-refractivity contribution in [3.8, 4) is 11.5 Å². The van der Waals surface area contributed by atoms with E-state index in [0.717, 1.165) is 0 Å². The van der Waals surface area contributed by atoms with Gasteiger partial charge in [-0.05, 0) is 24.3 Å². The van der Waals surface area contributed by atoms with E-state index in [1.807, 2.05) is 0 Å². The standard InChI is InChI=1S/C20H20N2O4/c1-3-13-25-17-11-7-5-9-15(17)19(23)21-22-20(24)16-10-6-8-12-18(16)26-14-4-2/h3-12H,1-2,13-14H2,(H,21,23)(H,22,24). The van der Waals surface area contributed by atoms with Crippen molar-refractivity contribution in [3.63, 3.8) is 0 Å². The van der Waals surface area contributed by atoms with Crippen LogP contribution >= 0.6 is 0 Å². The molecule has 2 amide bonds. The topological polar surface area (TPSA) is 76.7 Å². The lowest BCUT2D eigenvalue weighted by atomic mass is 10.2. The monoisotopic (exact) mass is 352 g/mol. The van der Waals surface area contributed by atoms with Gasteiger partial charge in [0.25, 0.3) is 11.8 Å². The van der Waals surface area contributed by atoms with Gasteiger partial charge in [0, 0.05) is 0 Å². The van der Waals surface area contributed by atoms with Crippen molar-refractivity contribution in [1.29, 1.82) is 0 Å². The predicted octanol–water partition coefficient (Wildman–Crippen LogP) is 2.89. The summed E-state index contributed by atoms with van der Waals surface area (Å²) < 4.78 is 10.9. The number of hydrazine groups is 1. The van der Waals surface area contributed by atoms with Gasteiger partial charge >= 0.3 is 0 Å². The largest absolute Gasteiger partial charge is 0.489 e.